The Bertz CT molecular complexity index is 548. The van der Waals surface area contributed by atoms with E-state index in [0.29, 0.717) is 19.3 Å². The van der Waals surface area contributed by atoms with Crippen LogP contribution in [0, 0.1) is 11.5 Å². The zero-order valence-electron chi connectivity index (χ0n) is 13.7. The Balaban J connectivity index is 4.42. The van der Waals surface area contributed by atoms with Gasteiger partial charge in [0, 0.05) is 19.6 Å². The van der Waals surface area contributed by atoms with Crippen LogP contribution in [0.3, 0.4) is 0 Å². The molecule has 0 saturated carbocycles. The van der Waals surface area contributed by atoms with E-state index in [1.165, 1.54) is 18.4 Å². The summed E-state index contributed by atoms with van der Waals surface area (Å²) in [6.07, 6.45) is 5.43. The van der Waals surface area contributed by atoms with Crippen molar-refractivity contribution < 1.29 is 23.9 Å². The maximum Gasteiger partial charge on any atom is 0.325 e. The van der Waals surface area contributed by atoms with E-state index < -0.39 is 12.1 Å². The van der Waals surface area contributed by atoms with Gasteiger partial charge >= 0.3 is 12.1 Å². The Hall–Kier alpha value is -3.21. The molecule has 0 aliphatic rings. The van der Waals surface area contributed by atoms with Gasteiger partial charge in [-0.25, -0.2) is 34.1 Å². The Morgan fingerprint density at radius 1 is 0.960 bits per heavy atom. The SMILES string of the molecule is N#COCCCNC(=O)N(CCCN=C=O)C(=O)NCCCN=C=O. The highest BCUT2D eigenvalue weighted by Gasteiger charge is 2.20. The van der Waals surface area contributed by atoms with E-state index in [-0.39, 0.29) is 39.3 Å². The fraction of sp³-hybridized carbons (Fsp3) is 0.643. The smallest absolute Gasteiger partial charge is 0.325 e. The van der Waals surface area contributed by atoms with Crippen LogP contribution in [0.1, 0.15) is 19.3 Å². The number of isocyanates is 2. The van der Waals surface area contributed by atoms with Crippen molar-refractivity contribution in [2.24, 2.45) is 9.98 Å². The molecule has 0 fully saturated rings. The minimum Gasteiger partial charge on any atom is -0.427 e. The van der Waals surface area contributed by atoms with E-state index in [0.717, 1.165) is 4.90 Å². The quantitative estimate of drug-likeness (QED) is 0.219. The second-order valence-electron chi connectivity index (χ2n) is 4.56. The van der Waals surface area contributed by atoms with Gasteiger partial charge in [0.25, 0.3) is 6.26 Å². The van der Waals surface area contributed by atoms with Gasteiger partial charge < -0.3 is 15.4 Å². The second kappa shape index (κ2) is 15.7. The summed E-state index contributed by atoms with van der Waals surface area (Å²) < 4.78 is 4.48. The molecule has 4 amide bonds. The lowest BCUT2D eigenvalue weighted by atomic mass is 10.4. The van der Waals surface area contributed by atoms with E-state index in [9.17, 15) is 19.2 Å². The van der Waals surface area contributed by atoms with E-state index in [2.05, 4.69) is 25.4 Å². The Labute approximate surface area is 144 Å². The standard InChI is InChI=1S/C14H20N6O5/c15-10-25-9-3-7-19-14(24)20(8-2-5-17-12-22)13(23)18-6-1-4-16-11-21/h1-9H2,(H,18,23)(H,19,24). The number of nitrogens with one attached hydrogen (secondary N) is 2. The largest absolute Gasteiger partial charge is 0.427 e. The molecular formula is C14H20N6O5. The molecule has 0 rings (SSSR count). The van der Waals surface area contributed by atoms with Gasteiger partial charge in [0.15, 0.2) is 0 Å². The third kappa shape index (κ3) is 11.9. The fourth-order valence-electron chi connectivity index (χ4n) is 1.62. The summed E-state index contributed by atoms with van der Waals surface area (Å²) in [6.45, 7) is 1.05. The minimum absolute atomic E-state index is 0.0596. The summed E-state index contributed by atoms with van der Waals surface area (Å²) in [5.74, 6) is 0. The lowest BCUT2D eigenvalue weighted by molar-refractivity contribution is 0.184. The molecule has 0 bridgehead atoms. The molecule has 0 heterocycles. The number of urea groups is 2. The van der Waals surface area contributed by atoms with Crippen molar-refractivity contribution in [3.8, 4) is 6.26 Å². The van der Waals surface area contributed by atoms with Crippen LogP contribution in [0.15, 0.2) is 9.98 Å². The highest BCUT2D eigenvalue weighted by Crippen LogP contribution is 1.96. The van der Waals surface area contributed by atoms with Crippen LogP contribution >= 0.6 is 0 Å². The first-order valence-electron chi connectivity index (χ1n) is 7.58. The van der Waals surface area contributed by atoms with Crippen LogP contribution in [0.25, 0.3) is 0 Å². The topological polar surface area (TPSA) is 153 Å². The van der Waals surface area contributed by atoms with Crippen LogP contribution < -0.4 is 10.6 Å². The van der Waals surface area contributed by atoms with Crippen molar-refractivity contribution in [1.82, 2.24) is 15.5 Å². The molecule has 11 heteroatoms. The maximum atomic E-state index is 12.1. The fourth-order valence-corrected chi connectivity index (χ4v) is 1.62. The predicted octanol–water partition coefficient (Wildman–Crippen LogP) is 0.0472. The first-order valence-corrected chi connectivity index (χ1v) is 7.58. The number of hydrogen-bond donors (Lipinski definition) is 2. The van der Waals surface area contributed by atoms with E-state index in [1.54, 1.807) is 0 Å². The van der Waals surface area contributed by atoms with Crippen LogP contribution in [0.2, 0.25) is 0 Å². The molecule has 0 aliphatic heterocycles. The lowest BCUT2D eigenvalue weighted by Gasteiger charge is -2.21. The normalized spacial score (nSPS) is 8.92. The number of amides is 4. The number of imide groups is 1. The summed E-state index contributed by atoms with van der Waals surface area (Å²) in [6, 6.07) is -1.23. The molecule has 136 valence electrons. The molecular weight excluding hydrogens is 332 g/mol. The highest BCUT2D eigenvalue weighted by atomic mass is 16.5. The van der Waals surface area contributed by atoms with Gasteiger partial charge in [0.1, 0.15) is 6.61 Å². The van der Waals surface area contributed by atoms with E-state index in [4.69, 9.17) is 5.26 Å². The summed E-state index contributed by atoms with van der Waals surface area (Å²) in [7, 11) is 0. The van der Waals surface area contributed by atoms with E-state index >= 15 is 0 Å². The van der Waals surface area contributed by atoms with Crippen LogP contribution in [-0.4, -0.2) is 68.5 Å². The number of hydrogen-bond acceptors (Lipinski definition) is 8. The number of carbonyl (C=O) groups is 2. The third-order valence-electron chi connectivity index (χ3n) is 2.76. The predicted molar refractivity (Wildman–Crippen MR) is 84.9 cm³/mol. The maximum absolute atomic E-state index is 12.1. The van der Waals surface area contributed by atoms with Crippen molar-refractivity contribution in [3.63, 3.8) is 0 Å². The second-order valence-corrected chi connectivity index (χ2v) is 4.56. The monoisotopic (exact) mass is 352 g/mol. The number of nitrogens with zero attached hydrogens (tertiary/aromatic N) is 4. The summed E-state index contributed by atoms with van der Waals surface area (Å²) >= 11 is 0. The average molecular weight is 352 g/mol. The van der Waals surface area contributed by atoms with Gasteiger partial charge in [0.2, 0.25) is 12.2 Å². The average Bonchev–Trinajstić information content (AvgIpc) is 2.61. The first-order chi connectivity index (χ1) is 12.2. The van der Waals surface area contributed by atoms with Gasteiger partial charge in [-0.2, -0.15) is 5.26 Å². The summed E-state index contributed by atoms with van der Waals surface area (Å²) in [4.78, 5) is 51.8. The Morgan fingerprint density at radius 3 is 2.08 bits per heavy atom. The van der Waals surface area contributed by atoms with Gasteiger partial charge in [-0.05, 0) is 19.3 Å². The number of carbonyl (C=O) groups excluding carboxylic acids is 4. The van der Waals surface area contributed by atoms with Crippen LogP contribution in [0.4, 0.5) is 9.59 Å². The van der Waals surface area contributed by atoms with Crippen molar-refractivity contribution >= 4 is 24.2 Å². The van der Waals surface area contributed by atoms with Crippen LogP contribution in [0.5, 0.6) is 0 Å². The van der Waals surface area contributed by atoms with Gasteiger partial charge in [-0.1, -0.05) is 0 Å². The van der Waals surface area contributed by atoms with Crippen molar-refractivity contribution in [3.05, 3.63) is 0 Å². The lowest BCUT2D eigenvalue weighted by Crippen LogP contribution is -2.49. The molecule has 0 spiro atoms. The molecule has 2 N–H and O–H groups in total. The Morgan fingerprint density at radius 2 is 1.52 bits per heavy atom. The molecule has 0 atom stereocenters. The van der Waals surface area contributed by atoms with Crippen molar-refractivity contribution in [1.29, 1.82) is 5.26 Å². The summed E-state index contributed by atoms with van der Waals surface area (Å²) in [5.41, 5.74) is 0. The zero-order valence-corrected chi connectivity index (χ0v) is 13.7. The molecule has 0 aromatic heterocycles. The molecule has 0 saturated heterocycles. The van der Waals surface area contributed by atoms with Crippen LogP contribution in [-0.2, 0) is 14.3 Å². The third-order valence-corrected chi connectivity index (χ3v) is 2.76. The minimum atomic E-state index is -0.615. The van der Waals surface area contributed by atoms with Crippen molar-refractivity contribution in [2.75, 3.05) is 39.3 Å². The number of nitriles is 1. The molecule has 11 nitrogen and oxygen atoms in total. The molecule has 0 unspecified atom stereocenters. The zero-order chi connectivity index (χ0) is 18.8. The molecule has 25 heavy (non-hydrogen) atoms. The number of aliphatic imine (C=N–C) groups is 2. The Kier molecular flexibility index (Phi) is 13.7. The van der Waals surface area contributed by atoms with E-state index in [1.807, 2.05) is 0 Å². The van der Waals surface area contributed by atoms with Gasteiger partial charge in [-0.15, -0.1) is 0 Å². The molecule has 0 aromatic carbocycles. The molecule has 0 aliphatic carbocycles. The van der Waals surface area contributed by atoms with Crippen molar-refractivity contribution in [2.45, 2.75) is 19.3 Å². The van der Waals surface area contributed by atoms with Gasteiger partial charge in [0.05, 0.1) is 13.1 Å². The molecule has 0 aromatic rings. The highest BCUT2D eigenvalue weighted by molar-refractivity contribution is 5.93. The number of ether oxygens (including phenoxy) is 1. The number of rotatable bonds is 12. The molecule has 0 radical (unpaired) electrons. The van der Waals surface area contributed by atoms with Gasteiger partial charge in [-0.3, -0.25) is 0 Å². The first kappa shape index (κ1) is 21.8. The summed E-state index contributed by atoms with van der Waals surface area (Å²) in [5, 5.41) is 13.3.